The van der Waals surface area contributed by atoms with Crippen LogP contribution in [-0.2, 0) is 42.8 Å². The molecule has 0 bridgehead atoms. The lowest BCUT2D eigenvalue weighted by molar-refractivity contribution is -0.159. The third-order valence-electron chi connectivity index (χ3n) is 13.2. The van der Waals surface area contributed by atoms with Crippen molar-refractivity contribution in [1.29, 1.82) is 0 Å². The van der Waals surface area contributed by atoms with Crippen molar-refractivity contribution in [1.82, 2.24) is 19.6 Å². The van der Waals surface area contributed by atoms with Gasteiger partial charge in [-0.3, -0.25) is 19.2 Å². The zero-order chi connectivity index (χ0) is 35.5. The van der Waals surface area contributed by atoms with Crippen LogP contribution in [0.25, 0.3) is 0 Å². The molecule has 2 N–H and O–H groups in total. The Labute approximate surface area is 302 Å². The lowest BCUT2D eigenvalue weighted by Gasteiger charge is -2.48. The summed E-state index contributed by atoms with van der Waals surface area (Å²) in [6.45, 7) is 0. The molecule has 262 valence electrons. The number of amides is 4. The number of hydrogen-bond acceptors (Lipinski definition) is 6. The SMILES string of the molecule is CN1C(=O)[C@@H]2C[C@@]3([C@@]45C[C@H]6C(=O)N(C)[C@@H](Cc7ccccc7)C(=O)N6[C@@H]4Nc4ccccc45)c4ccccc4N[C@H]3N2C(=O)[C@@H]1Cc1ccccc1. The number of nitrogens with one attached hydrogen (secondary N) is 2. The molecular weight excluding hydrogens is 652 g/mol. The molecule has 0 aliphatic carbocycles. The molecule has 10 nitrogen and oxygen atoms in total. The zero-order valence-electron chi connectivity index (χ0n) is 29.1. The molecule has 4 amide bonds. The highest BCUT2D eigenvalue weighted by Gasteiger charge is 2.78. The molecule has 8 atom stereocenters. The molecule has 6 aliphatic heterocycles. The van der Waals surface area contributed by atoms with E-state index in [0.29, 0.717) is 25.7 Å². The first-order chi connectivity index (χ1) is 25.3. The third-order valence-corrected chi connectivity index (χ3v) is 13.2. The van der Waals surface area contributed by atoms with Crippen molar-refractivity contribution in [2.45, 2.75) is 73.0 Å². The quantitative estimate of drug-likeness (QED) is 0.331. The van der Waals surface area contributed by atoms with E-state index in [9.17, 15) is 19.2 Å². The van der Waals surface area contributed by atoms with Gasteiger partial charge in [-0.1, -0.05) is 97.1 Å². The fraction of sp³-hybridized carbons (Fsp3) is 0.333. The van der Waals surface area contributed by atoms with Crippen LogP contribution in [-0.4, -0.2) is 93.8 Å². The summed E-state index contributed by atoms with van der Waals surface area (Å²) in [5.41, 5.74) is 4.07. The molecule has 4 saturated heterocycles. The second kappa shape index (κ2) is 10.9. The highest BCUT2D eigenvalue weighted by atomic mass is 16.2. The molecule has 0 spiro atoms. The Balaban J connectivity index is 1.14. The fourth-order valence-corrected chi connectivity index (χ4v) is 10.9. The predicted molar refractivity (Wildman–Crippen MR) is 195 cm³/mol. The number of hydrogen-bond donors (Lipinski definition) is 2. The molecule has 10 heteroatoms. The largest absolute Gasteiger partial charge is 0.364 e. The van der Waals surface area contributed by atoms with E-state index in [2.05, 4.69) is 22.8 Å². The average molecular weight is 693 g/mol. The van der Waals surface area contributed by atoms with Crippen LogP contribution in [0, 0.1) is 0 Å². The highest BCUT2D eigenvalue weighted by molar-refractivity contribution is 6.01. The van der Waals surface area contributed by atoms with Gasteiger partial charge in [-0.15, -0.1) is 0 Å². The van der Waals surface area contributed by atoms with E-state index < -0.39 is 47.3 Å². The molecule has 4 fully saturated rings. The van der Waals surface area contributed by atoms with Gasteiger partial charge in [0.1, 0.15) is 36.5 Å². The summed E-state index contributed by atoms with van der Waals surface area (Å²) in [4.78, 5) is 65.9. The topological polar surface area (TPSA) is 105 Å². The van der Waals surface area contributed by atoms with Crippen LogP contribution >= 0.6 is 0 Å². The molecule has 0 radical (unpaired) electrons. The van der Waals surface area contributed by atoms with E-state index in [1.165, 1.54) is 0 Å². The van der Waals surface area contributed by atoms with Gasteiger partial charge in [0, 0.05) is 38.3 Å². The number of likely N-dealkylation sites (N-methyl/N-ethyl adjacent to an activating group) is 2. The normalized spacial score (nSPS) is 32.5. The van der Waals surface area contributed by atoms with Crippen molar-refractivity contribution in [3.8, 4) is 0 Å². The summed E-state index contributed by atoms with van der Waals surface area (Å²) < 4.78 is 0. The van der Waals surface area contributed by atoms with Gasteiger partial charge in [0.05, 0.1) is 10.8 Å². The smallest absolute Gasteiger partial charge is 0.248 e. The number of benzene rings is 4. The minimum Gasteiger partial charge on any atom is -0.364 e. The number of nitrogens with zero attached hydrogens (tertiary/aromatic N) is 4. The summed E-state index contributed by atoms with van der Waals surface area (Å²) in [5.74, 6) is -0.376. The minimum atomic E-state index is -0.863. The lowest BCUT2D eigenvalue weighted by atomic mass is 9.54. The molecule has 4 aromatic rings. The van der Waals surface area contributed by atoms with Gasteiger partial charge in [0.25, 0.3) is 0 Å². The van der Waals surface area contributed by atoms with Crippen LogP contribution in [0.4, 0.5) is 11.4 Å². The van der Waals surface area contributed by atoms with Crippen LogP contribution < -0.4 is 10.6 Å². The van der Waals surface area contributed by atoms with Gasteiger partial charge in [0.2, 0.25) is 23.6 Å². The van der Waals surface area contributed by atoms with E-state index in [-0.39, 0.29) is 23.6 Å². The first kappa shape index (κ1) is 31.1. The maximum atomic E-state index is 14.9. The van der Waals surface area contributed by atoms with Crippen molar-refractivity contribution in [2.24, 2.45) is 0 Å². The first-order valence-electron chi connectivity index (χ1n) is 18.2. The Hall–Kier alpha value is -5.64. The lowest BCUT2D eigenvalue weighted by Crippen LogP contribution is -2.67. The standard InChI is InChI=1S/C42H40N6O4/c1-45-31(21-25-13-5-3-6-14-25)37(51)47-33(35(45)49)23-41(27-17-9-11-19-29(27)43-39(41)47)42-24-34-36(50)46(2)32(22-26-15-7-4-8-16-26)38(52)48(34)40(42)44-30-20-12-10-18-28(30)42/h3-20,31-34,39-40,43-44H,21-24H2,1-2H3/t31-,32-,33-,34-,39-,40-,41+,42+/m0/s1. The zero-order valence-corrected chi connectivity index (χ0v) is 29.1. The Morgan fingerprint density at radius 3 is 1.29 bits per heavy atom. The summed E-state index contributed by atoms with van der Waals surface area (Å²) in [7, 11) is 3.49. The van der Waals surface area contributed by atoms with Crippen molar-refractivity contribution in [3.63, 3.8) is 0 Å². The van der Waals surface area contributed by atoms with Gasteiger partial charge in [-0.05, 0) is 47.2 Å². The number of anilines is 2. The van der Waals surface area contributed by atoms with Crippen LogP contribution in [0.2, 0.25) is 0 Å². The van der Waals surface area contributed by atoms with Gasteiger partial charge in [0.15, 0.2) is 0 Å². The van der Waals surface area contributed by atoms with Gasteiger partial charge in [-0.2, -0.15) is 0 Å². The minimum absolute atomic E-state index is 0.0914. The van der Waals surface area contributed by atoms with Crippen LogP contribution in [0.1, 0.15) is 35.1 Å². The monoisotopic (exact) mass is 692 g/mol. The number of fused-ring (bicyclic) bond motifs is 11. The second-order valence-corrected chi connectivity index (χ2v) is 15.4. The summed E-state index contributed by atoms with van der Waals surface area (Å²) in [6.07, 6.45) is 0.352. The van der Waals surface area contributed by atoms with Crippen molar-refractivity contribution >= 4 is 35.0 Å². The number of para-hydroxylation sites is 2. The maximum Gasteiger partial charge on any atom is 0.248 e. The maximum absolute atomic E-state index is 14.9. The average Bonchev–Trinajstić information content (AvgIpc) is 3.88. The molecule has 52 heavy (non-hydrogen) atoms. The van der Waals surface area contributed by atoms with Gasteiger partial charge in [-0.25, -0.2) is 0 Å². The highest BCUT2D eigenvalue weighted by Crippen LogP contribution is 2.69. The Kier molecular flexibility index (Phi) is 6.54. The predicted octanol–water partition coefficient (Wildman–Crippen LogP) is 3.73. The molecule has 0 saturated carbocycles. The van der Waals surface area contributed by atoms with Crippen molar-refractivity contribution in [2.75, 3.05) is 24.7 Å². The van der Waals surface area contributed by atoms with E-state index in [1.807, 2.05) is 107 Å². The Bertz CT molecular complexity index is 2010. The summed E-state index contributed by atoms with van der Waals surface area (Å²) >= 11 is 0. The number of piperazine rings is 2. The van der Waals surface area contributed by atoms with Gasteiger partial charge >= 0.3 is 0 Å². The molecule has 6 heterocycles. The summed E-state index contributed by atoms with van der Waals surface area (Å²) in [5, 5.41) is 7.53. The number of carbonyl (C=O) groups excluding carboxylic acids is 4. The molecule has 6 aliphatic rings. The van der Waals surface area contributed by atoms with Crippen molar-refractivity contribution in [3.05, 3.63) is 131 Å². The molecular formula is C42H40N6O4. The van der Waals surface area contributed by atoms with Crippen molar-refractivity contribution < 1.29 is 19.2 Å². The number of rotatable bonds is 5. The molecule has 10 rings (SSSR count). The van der Waals surface area contributed by atoms with E-state index >= 15 is 0 Å². The van der Waals surface area contributed by atoms with E-state index in [1.54, 1.807) is 23.9 Å². The van der Waals surface area contributed by atoms with E-state index in [0.717, 1.165) is 33.6 Å². The second-order valence-electron chi connectivity index (χ2n) is 15.4. The van der Waals surface area contributed by atoms with Crippen LogP contribution in [0.15, 0.2) is 109 Å². The summed E-state index contributed by atoms with van der Waals surface area (Å²) in [6, 6.07) is 33.2. The molecule has 0 aromatic heterocycles. The fourth-order valence-electron chi connectivity index (χ4n) is 10.9. The molecule has 4 aromatic carbocycles. The third kappa shape index (κ3) is 3.84. The number of carbonyl (C=O) groups is 4. The van der Waals surface area contributed by atoms with E-state index in [4.69, 9.17) is 0 Å². The molecule has 0 unspecified atom stereocenters. The Morgan fingerprint density at radius 1 is 0.519 bits per heavy atom. The van der Waals surface area contributed by atoms with Gasteiger partial charge < -0.3 is 30.2 Å². The van der Waals surface area contributed by atoms with Crippen LogP contribution in [0.5, 0.6) is 0 Å². The first-order valence-corrected chi connectivity index (χ1v) is 18.2. The van der Waals surface area contributed by atoms with Crippen LogP contribution in [0.3, 0.4) is 0 Å². The Morgan fingerprint density at radius 2 is 0.885 bits per heavy atom.